The van der Waals surface area contributed by atoms with Crippen molar-refractivity contribution in [1.29, 1.82) is 0 Å². The molecule has 3 rings (SSSR count). The van der Waals surface area contributed by atoms with E-state index in [1.807, 2.05) is 6.07 Å². The van der Waals surface area contributed by atoms with Crippen LogP contribution in [0.4, 0.5) is 0 Å². The summed E-state index contributed by atoms with van der Waals surface area (Å²) in [7, 11) is 5.89. The zero-order valence-corrected chi connectivity index (χ0v) is 14.9. The average molecular weight is 360 g/mol. The first-order valence-corrected chi connectivity index (χ1v) is 7.92. The molecule has 0 unspecified atom stereocenters. The maximum atomic E-state index is 12.4. The molecule has 0 saturated carbocycles. The van der Waals surface area contributed by atoms with Crippen molar-refractivity contribution < 1.29 is 14.6 Å². The Bertz CT molecular complexity index is 1010. The lowest BCUT2D eigenvalue weighted by Crippen LogP contribution is -2.39. The number of ether oxygens (including phenoxy) is 2. The van der Waals surface area contributed by atoms with E-state index in [4.69, 9.17) is 9.47 Å². The molecule has 9 nitrogen and oxygen atoms in total. The van der Waals surface area contributed by atoms with E-state index in [1.165, 1.54) is 14.1 Å². The zero-order chi connectivity index (χ0) is 19.0. The van der Waals surface area contributed by atoms with E-state index in [0.29, 0.717) is 23.6 Å². The molecule has 0 saturated heterocycles. The fraction of sp³-hybridized carbons (Fsp3) is 0.353. The molecule has 0 amide bonds. The lowest BCUT2D eigenvalue weighted by atomic mass is 9.99. The molecule has 26 heavy (non-hydrogen) atoms. The van der Waals surface area contributed by atoms with Crippen molar-refractivity contribution in [2.75, 3.05) is 14.2 Å². The number of methoxy groups -OCH3 is 2. The van der Waals surface area contributed by atoms with Gasteiger partial charge in [0.2, 0.25) is 5.88 Å². The summed E-state index contributed by atoms with van der Waals surface area (Å²) < 4.78 is 12.6. The highest BCUT2D eigenvalue weighted by Crippen LogP contribution is 2.34. The van der Waals surface area contributed by atoms with Gasteiger partial charge < -0.3 is 20.0 Å². The Morgan fingerprint density at radius 3 is 2.58 bits per heavy atom. The van der Waals surface area contributed by atoms with E-state index in [1.54, 1.807) is 26.4 Å². The van der Waals surface area contributed by atoms with Crippen LogP contribution in [0.3, 0.4) is 0 Å². The molecule has 9 heteroatoms. The lowest BCUT2D eigenvalue weighted by molar-refractivity contribution is 0.386. The van der Waals surface area contributed by atoms with Crippen LogP contribution in [0.2, 0.25) is 0 Å². The third-order valence-electron chi connectivity index (χ3n) is 4.49. The Labute approximate surface area is 149 Å². The van der Waals surface area contributed by atoms with Gasteiger partial charge >= 0.3 is 5.69 Å². The molecule has 1 aliphatic rings. The summed E-state index contributed by atoms with van der Waals surface area (Å²) in [5.41, 5.74) is 3.00. The SMILES string of the molecule is COc1ccc([C@@H]2CC(c3c(O)n(C)c(=O)n(C)c3=O)=NN2)c(OC)c1. The highest BCUT2D eigenvalue weighted by Gasteiger charge is 2.29. The number of hydrogen-bond donors (Lipinski definition) is 2. The Balaban J connectivity index is 1.98. The van der Waals surface area contributed by atoms with Crippen LogP contribution in [-0.4, -0.2) is 34.2 Å². The molecule has 1 atom stereocenters. The minimum Gasteiger partial charge on any atom is -0.497 e. The number of nitrogens with one attached hydrogen (secondary N) is 1. The molecule has 2 aromatic rings. The highest BCUT2D eigenvalue weighted by molar-refractivity contribution is 6.03. The van der Waals surface area contributed by atoms with E-state index in [2.05, 4.69) is 10.5 Å². The van der Waals surface area contributed by atoms with Crippen molar-refractivity contribution in [2.45, 2.75) is 12.5 Å². The molecule has 2 heterocycles. The van der Waals surface area contributed by atoms with Gasteiger partial charge in [-0.2, -0.15) is 5.10 Å². The van der Waals surface area contributed by atoms with Crippen molar-refractivity contribution in [3.8, 4) is 17.4 Å². The molecule has 0 spiro atoms. The minimum absolute atomic E-state index is 0.0112. The quantitative estimate of drug-likeness (QED) is 0.809. The molecular formula is C17H20N4O5. The monoisotopic (exact) mass is 360 g/mol. The van der Waals surface area contributed by atoms with Gasteiger partial charge in [0.15, 0.2) is 0 Å². The van der Waals surface area contributed by atoms with Crippen LogP contribution < -0.4 is 26.1 Å². The van der Waals surface area contributed by atoms with Gasteiger partial charge in [0.1, 0.15) is 17.1 Å². The zero-order valence-electron chi connectivity index (χ0n) is 14.9. The average Bonchev–Trinajstić information content (AvgIpc) is 3.13. The second kappa shape index (κ2) is 6.58. The number of hydrogen-bond acceptors (Lipinski definition) is 7. The smallest absolute Gasteiger partial charge is 0.333 e. The normalized spacial score (nSPS) is 16.2. The van der Waals surface area contributed by atoms with Crippen molar-refractivity contribution >= 4 is 5.71 Å². The molecule has 0 fully saturated rings. The maximum Gasteiger partial charge on any atom is 0.333 e. The summed E-state index contributed by atoms with van der Waals surface area (Å²) in [6.45, 7) is 0. The number of rotatable bonds is 4. The van der Waals surface area contributed by atoms with Crippen molar-refractivity contribution in [2.24, 2.45) is 19.2 Å². The van der Waals surface area contributed by atoms with Crippen LogP contribution in [0.25, 0.3) is 0 Å². The van der Waals surface area contributed by atoms with Crippen LogP contribution in [0.15, 0.2) is 32.9 Å². The number of nitrogens with zero attached hydrogens (tertiary/aromatic N) is 3. The van der Waals surface area contributed by atoms with Crippen LogP contribution in [0, 0.1) is 0 Å². The minimum atomic E-state index is -0.601. The first-order valence-electron chi connectivity index (χ1n) is 7.92. The van der Waals surface area contributed by atoms with Crippen molar-refractivity contribution in [3.63, 3.8) is 0 Å². The van der Waals surface area contributed by atoms with E-state index < -0.39 is 17.1 Å². The topological polar surface area (TPSA) is 107 Å². The van der Waals surface area contributed by atoms with Crippen molar-refractivity contribution in [3.05, 3.63) is 50.2 Å². The third-order valence-corrected chi connectivity index (χ3v) is 4.49. The number of hydrazone groups is 1. The standard InChI is InChI=1S/C17H20N4O5/c1-20-15(22)14(16(23)21(2)17(20)24)12-8-11(18-19-12)10-6-5-9(25-3)7-13(10)26-4/h5-7,11,18,22H,8H2,1-4H3/t11-/m0/s1. The predicted molar refractivity (Wildman–Crippen MR) is 95.2 cm³/mol. The van der Waals surface area contributed by atoms with E-state index in [-0.39, 0.29) is 11.6 Å². The first kappa shape index (κ1) is 17.6. The molecular weight excluding hydrogens is 340 g/mol. The predicted octanol–water partition coefficient (Wildman–Crippen LogP) is 0.246. The van der Waals surface area contributed by atoms with Gasteiger partial charge in [0.25, 0.3) is 5.56 Å². The number of aromatic hydroxyl groups is 1. The Morgan fingerprint density at radius 1 is 1.19 bits per heavy atom. The van der Waals surface area contributed by atoms with E-state index in [0.717, 1.165) is 14.7 Å². The molecule has 2 N–H and O–H groups in total. The fourth-order valence-electron chi connectivity index (χ4n) is 2.97. The Hall–Kier alpha value is -3.23. The molecule has 138 valence electrons. The Morgan fingerprint density at radius 2 is 1.92 bits per heavy atom. The summed E-state index contributed by atoms with van der Waals surface area (Å²) in [6, 6.07) is 5.18. The molecule has 0 aliphatic carbocycles. The molecule has 1 aliphatic heterocycles. The Kier molecular flexibility index (Phi) is 4.45. The number of benzene rings is 1. The summed E-state index contributed by atoms with van der Waals surface area (Å²) in [6.07, 6.45) is 0.351. The largest absolute Gasteiger partial charge is 0.497 e. The van der Waals surface area contributed by atoms with E-state index in [9.17, 15) is 14.7 Å². The van der Waals surface area contributed by atoms with Gasteiger partial charge in [-0.1, -0.05) is 0 Å². The lowest BCUT2D eigenvalue weighted by Gasteiger charge is -2.15. The molecule has 0 bridgehead atoms. The summed E-state index contributed by atoms with van der Waals surface area (Å²) in [5.74, 6) is 0.881. The number of aromatic nitrogens is 2. The summed E-state index contributed by atoms with van der Waals surface area (Å²) in [4.78, 5) is 24.3. The van der Waals surface area contributed by atoms with Gasteiger partial charge in [-0.05, 0) is 12.1 Å². The first-order chi connectivity index (χ1) is 12.4. The van der Waals surface area contributed by atoms with Gasteiger partial charge in [0.05, 0.1) is 26.0 Å². The van der Waals surface area contributed by atoms with Gasteiger partial charge in [-0.3, -0.25) is 13.9 Å². The molecule has 0 radical (unpaired) electrons. The van der Waals surface area contributed by atoms with E-state index >= 15 is 0 Å². The highest BCUT2D eigenvalue weighted by atomic mass is 16.5. The summed E-state index contributed by atoms with van der Waals surface area (Å²) >= 11 is 0. The van der Waals surface area contributed by atoms with Crippen LogP contribution in [0.1, 0.15) is 23.6 Å². The second-order valence-corrected chi connectivity index (χ2v) is 5.96. The third kappa shape index (κ3) is 2.71. The van der Waals surface area contributed by atoms with Gasteiger partial charge in [-0.25, -0.2) is 4.79 Å². The van der Waals surface area contributed by atoms with Gasteiger partial charge in [0, 0.05) is 32.1 Å². The van der Waals surface area contributed by atoms with Crippen LogP contribution >= 0.6 is 0 Å². The van der Waals surface area contributed by atoms with Crippen LogP contribution in [-0.2, 0) is 14.1 Å². The van der Waals surface area contributed by atoms with Crippen LogP contribution in [0.5, 0.6) is 17.4 Å². The summed E-state index contributed by atoms with van der Waals surface area (Å²) in [5, 5.41) is 14.5. The maximum absolute atomic E-state index is 12.4. The van der Waals surface area contributed by atoms with Crippen molar-refractivity contribution in [1.82, 2.24) is 14.6 Å². The second-order valence-electron chi connectivity index (χ2n) is 5.96. The fourth-order valence-corrected chi connectivity index (χ4v) is 2.97. The van der Waals surface area contributed by atoms with Gasteiger partial charge in [-0.15, -0.1) is 0 Å². The molecule has 1 aromatic heterocycles. The molecule has 1 aromatic carbocycles.